The summed E-state index contributed by atoms with van der Waals surface area (Å²) in [7, 11) is 0. The second-order valence-corrected chi connectivity index (χ2v) is 7.18. The van der Waals surface area contributed by atoms with E-state index in [2.05, 4.69) is 14.8 Å². The van der Waals surface area contributed by atoms with E-state index in [1.807, 2.05) is 0 Å². The molecule has 6 nitrogen and oxygen atoms in total. The van der Waals surface area contributed by atoms with Crippen LogP contribution in [0.15, 0.2) is 0 Å². The fourth-order valence-electron chi connectivity index (χ4n) is 2.31. The van der Waals surface area contributed by atoms with Crippen LogP contribution in [0.4, 0.5) is 0 Å². The topological polar surface area (TPSA) is 82.1 Å². The third-order valence-electron chi connectivity index (χ3n) is 3.57. The van der Waals surface area contributed by atoms with E-state index in [-0.39, 0.29) is 0 Å². The zero-order valence-corrected chi connectivity index (χ0v) is 15.5. The monoisotopic (exact) mass is 346 g/mol. The van der Waals surface area contributed by atoms with Gasteiger partial charge in [-0.25, -0.2) is 9.59 Å². The van der Waals surface area contributed by atoms with Crippen LogP contribution in [-0.4, -0.2) is 22.6 Å². The molecule has 0 spiro atoms. The molecule has 1 saturated carbocycles. The second kappa shape index (κ2) is 14.2. The number of aliphatic carboxylic acids is 1. The Kier molecular flexibility index (Phi) is 13.5. The van der Waals surface area contributed by atoms with Gasteiger partial charge in [-0.05, 0) is 25.8 Å². The van der Waals surface area contributed by atoms with E-state index in [0.717, 1.165) is 0 Å². The maximum Gasteiger partial charge on any atom is 0.452 e. The standard InChI is InChI=1S/C12H24.C6H10O6/c1-2-4-6-8-10-12-11-9-7-5-3-1;1-6(2,3)11-12-10-5(9)4(7)8/h1-12H2;1-3H3,(H,7,8). The zero-order chi connectivity index (χ0) is 18.3. The Labute approximate surface area is 145 Å². The molecule has 0 radical (unpaired) electrons. The summed E-state index contributed by atoms with van der Waals surface area (Å²) in [6, 6.07) is 0. The summed E-state index contributed by atoms with van der Waals surface area (Å²) in [6.07, 6.45) is 18.0. The van der Waals surface area contributed by atoms with Crippen molar-refractivity contribution in [2.24, 2.45) is 0 Å². The molecule has 1 aliphatic rings. The van der Waals surface area contributed by atoms with Crippen LogP contribution in [0.2, 0.25) is 0 Å². The molecule has 1 aliphatic carbocycles. The van der Waals surface area contributed by atoms with Crippen LogP contribution < -0.4 is 0 Å². The lowest BCUT2D eigenvalue weighted by Crippen LogP contribution is -2.23. The largest absolute Gasteiger partial charge is 0.473 e. The molecule has 142 valence electrons. The van der Waals surface area contributed by atoms with Gasteiger partial charge in [0, 0.05) is 0 Å². The summed E-state index contributed by atoms with van der Waals surface area (Å²) < 4.78 is 0. The Morgan fingerprint density at radius 2 is 1.00 bits per heavy atom. The van der Waals surface area contributed by atoms with Crippen molar-refractivity contribution in [3.8, 4) is 0 Å². The van der Waals surface area contributed by atoms with E-state index >= 15 is 0 Å². The van der Waals surface area contributed by atoms with E-state index in [1.54, 1.807) is 20.8 Å². The number of carboxylic acid groups (broad SMARTS) is 1. The van der Waals surface area contributed by atoms with Crippen LogP contribution in [0.25, 0.3) is 0 Å². The first-order valence-corrected chi connectivity index (χ1v) is 9.12. The average Bonchev–Trinajstić information content (AvgIpc) is 2.47. The van der Waals surface area contributed by atoms with Crippen molar-refractivity contribution in [1.29, 1.82) is 0 Å². The zero-order valence-electron chi connectivity index (χ0n) is 15.5. The average molecular weight is 346 g/mol. The van der Waals surface area contributed by atoms with Crippen molar-refractivity contribution in [1.82, 2.24) is 0 Å². The molecule has 0 aliphatic heterocycles. The highest BCUT2D eigenvalue weighted by Crippen LogP contribution is 2.15. The highest BCUT2D eigenvalue weighted by molar-refractivity contribution is 6.28. The highest BCUT2D eigenvalue weighted by atomic mass is 17.5. The summed E-state index contributed by atoms with van der Waals surface area (Å²) in [5, 5.41) is 11.9. The predicted octanol–water partition coefficient (Wildman–Crippen LogP) is 4.96. The second-order valence-electron chi connectivity index (χ2n) is 7.18. The van der Waals surface area contributed by atoms with Crippen molar-refractivity contribution in [2.45, 2.75) is 103 Å². The molecule has 0 saturated heterocycles. The van der Waals surface area contributed by atoms with Crippen molar-refractivity contribution in [3.63, 3.8) is 0 Å². The minimum absolute atomic E-state index is 0.668. The molecular weight excluding hydrogens is 312 g/mol. The van der Waals surface area contributed by atoms with Gasteiger partial charge in [-0.3, -0.25) is 4.89 Å². The van der Waals surface area contributed by atoms with Gasteiger partial charge < -0.3 is 5.11 Å². The minimum Gasteiger partial charge on any atom is -0.473 e. The van der Waals surface area contributed by atoms with Gasteiger partial charge in [0.1, 0.15) is 0 Å². The van der Waals surface area contributed by atoms with E-state index in [0.29, 0.717) is 0 Å². The van der Waals surface area contributed by atoms with Gasteiger partial charge in [-0.1, -0.05) is 77.0 Å². The molecule has 0 heterocycles. The van der Waals surface area contributed by atoms with Gasteiger partial charge in [0.05, 0.1) is 5.60 Å². The molecular formula is C18H34O6. The lowest BCUT2D eigenvalue weighted by Gasteiger charge is -2.14. The molecule has 6 heteroatoms. The first-order valence-electron chi connectivity index (χ1n) is 9.12. The van der Waals surface area contributed by atoms with Crippen LogP contribution in [0.5, 0.6) is 0 Å². The van der Waals surface area contributed by atoms with Crippen molar-refractivity contribution in [3.05, 3.63) is 0 Å². The summed E-state index contributed by atoms with van der Waals surface area (Å²) in [6.45, 7) is 4.92. The van der Waals surface area contributed by atoms with Crippen LogP contribution in [0.3, 0.4) is 0 Å². The lowest BCUT2D eigenvalue weighted by atomic mass is 10.0. The number of hydrogen-bond acceptors (Lipinski definition) is 5. The maximum absolute atomic E-state index is 10.2. The summed E-state index contributed by atoms with van der Waals surface area (Å²) in [5.74, 6) is -3.27. The number of hydrogen-bond donors (Lipinski definition) is 1. The van der Waals surface area contributed by atoms with Gasteiger partial charge in [0.2, 0.25) is 0 Å². The third-order valence-corrected chi connectivity index (χ3v) is 3.57. The third kappa shape index (κ3) is 17.2. The number of carboxylic acids is 1. The molecule has 1 rings (SSSR count). The van der Waals surface area contributed by atoms with Gasteiger partial charge >= 0.3 is 11.9 Å². The van der Waals surface area contributed by atoms with Crippen molar-refractivity contribution >= 4 is 11.9 Å². The molecule has 24 heavy (non-hydrogen) atoms. The fourth-order valence-corrected chi connectivity index (χ4v) is 2.31. The van der Waals surface area contributed by atoms with Gasteiger partial charge in [0.15, 0.2) is 0 Å². The van der Waals surface area contributed by atoms with E-state index < -0.39 is 17.5 Å². The van der Waals surface area contributed by atoms with Crippen LogP contribution in [-0.2, 0) is 24.4 Å². The molecule has 0 atom stereocenters. The van der Waals surface area contributed by atoms with Gasteiger partial charge in [-0.2, -0.15) is 4.89 Å². The molecule has 1 N–H and O–H groups in total. The molecule has 0 aromatic carbocycles. The van der Waals surface area contributed by atoms with Gasteiger partial charge in [0.25, 0.3) is 0 Å². The fraction of sp³-hybridized carbons (Fsp3) is 0.889. The quantitative estimate of drug-likeness (QED) is 0.432. The Morgan fingerprint density at radius 3 is 1.21 bits per heavy atom. The molecule has 0 unspecified atom stereocenters. The Hall–Kier alpha value is -1.14. The van der Waals surface area contributed by atoms with E-state index in [9.17, 15) is 9.59 Å². The predicted molar refractivity (Wildman–Crippen MR) is 91.1 cm³/mol. The summed E-state index contributed by atoms with van der Waals surface area (Å²) >= 11 is 0. The normalized spacial score (nSPS) is 17.5. The first-order chi connectivity index (χ1) is 11.3. The highest BCUT2D eigenvalue weighted by Gasteiger charge is 2.18. The Bertz CT molecular complexity index is 292. The number of carbonyl (C=O) groups excluding carboxylic acids is 1. The van der Waals surface area contributed by atoms with Crippen molar-refractivity contribution in [2.75, 3.05) is 0 Å². The molecule has 0 amide bonds. The molecule has 0 bridgehead atoms. The minimum atomic E-state index is -1.74. The summed E-state index contributed by atoms with van der Waals surface area (Å²) in [5.41, 5.74) is -0.668. The van der Waals surface area contributed by atoms with Crippen molar-refractivity contribution < 1.29 is 29.5 Å². The maximum atomic E-state index is 10.2. The Morgan fingerprint density at radius 1 is 0.708 bits per heavy atom. The van der Waals surface area contributed by atoms with E-state index in [1.165, 1.54) is 77.0 Å². The molecule has 1 fully saturated rings. The Balaban J connectivity index is 0.000000441. The van der Waals surface area contributed by atoms with E-state index in [4.69, 9.17) is 5.11 Å². The lowest BCUT2D eigenvalue weighted by molar-refractivity contribution is -0.513. The first kappa shape index (κ1) is 22.9. The van der Waals surface area contributed by atoms with Gasteiger partial charge in [-0.15, -0.1) is 0 Å². The van der Waals surface area contributed by atoms with Crippen LogP contribution in [0.1, 0.15) is 97.8 Å². The molecule has 0 aromatic rings. The summed E-state index contributed by atoms with van der Waals surface area (Å²) in [4.78, 5) is 28.2. The number of rotatable bonds is 2. The van der Waals surface area contributed by atoms with Crippen LogP contribution in [0, 0.1) is 0 Å². The SMILES string of the molecule is C1CCCCCCCCCCC1.CC(C)(C)OOOC(=O)C(=O)O. The molecule has 0 aromatic heterocycles. The smallest absolute Gasteiger partial charge is 0.452 e. The van der Waals surface area contributed by atoms with Crippen LogP contribution >= 0.6 is 0 Å². The number of carbonyl (C=O) groups is 2.